The van der Waals surface area contributed by atoms with Gasteiger partial charge in [0.15, 0.2) is 0 Å². The summed E-state index contributed by atoms with van der Waals surface area (Å²) >= 11 is 1.44. The lowest BCUT2D eigenvalue weighted by Crippen LogP contribution is -2.25. The largest absolute Gasteiger partial charge is 0.472 e. The minimum atomic E-state index is -0.0625. The number of furan rings is 1. The van der Waals surface area contributed by atoms with Crippen molar-refractivity contribution in [1.29, 1.82) is 0 Å². The summed E-state index contributed by atoms with van der Waals surface area (Å²) in [7, 11) is 1.77. The Balaban J connectivity index is 1.92. The molecule has 108 valence electrons. The number of nitrogen functional groups attached to an aromatic ring is 1. The Kier molecular flexibility index (Phi) is 3.43. The Bertz CT molecular complexity index is 790. The summed E-state index contributed by atoms with van der Waals surface area (Å²) in [4.78, 5) is 14.8. The van der Waals surface area contributed by atoms with E-state index in [-0.39, 0.29) is 5.91 Å². The number of carbonyl (C=O) groups excluding carboxylic acids is 1. The summed E-state index contributed by atoms with van der Waals surface area (Å²) < 4.78 is 6.07. The van der Waals surface area contributed by atoms with Gasteiger partial charge in [0.2, 0.25) is 0 Å². The van der Waals surface area contributed by atoms with E-state index in [1.165, 1.54) is 11.3 Å². The van der Waals surface area contributed by atoms with Crippen molar-refractivity contribution in [2.24, 2.45) is 0 Å². The smallest absolute Gasteiger partial charge is 0.266 e. The van der Waals surface area contributed by atoms with Crippen LogP contribution in [0.25, 0.3) is 10.1 Å². The molecule has 0 bridgehead atoms. The van der Waals surface area contributed by atoms with Gasteiger partial charge in [-0.1, -0.05) is 11.6 Å². The fraction of sp³-hybridized carbons (Fsp3) is 0.188. The first-order chi connectivity index (χ1) is 10.1. The van der Waals surface area contributed by atoms with E-state index >= 15 is 0 Å². The molecule has 0 unspecified atom stereocenters. The van der Waals surface area contributed by atoms with E-state index in [1.807, 2.05) is 31.2 Å². The Morgan fingerprint density at radius 1 is 1.38 bits per heavy atom. The zero-order chi connectivity index (χ0) is 15.0. The van der Waals surface area contributed by atoms with Crippen LogP contribution in [0.5, 0.6) is 0 Å². The number of amides is 1. The number of anilines is 1. The average molecular weight is 300 g/mol. The third-order valence-electron chi connectivity index (χ3n) is 3.42. The molecule has 4 nitrogen and oxygen atoms in total. The van der Waals surface area contributed by atoms with Crippen LogP contribution >= 0.6 is 11.3 Å². The SMILES string of the molecule is Cc1ccc2sc(C(=O)N(C)Cc3ccoc3)c(N)c2c1. The molecule has 2 N–H and O–H groups in total. The quantitative estimate of drug-likeness (QED) is 0.803. The minimum Gasteiger partial charge on any atom is -0.472 e. The summed E-state index contributed by atoms with van der Waals surface area (Å²) in [6, 6.07) is 7.91. The van der Waals surface area contributed by atoms with Crippen molar-refractivity contribution in [3.05, 3.63) is 52.8 Å². The second kappa shape index (κ2) is 5.26. The van der Waals surface area contributed by atoms with Gasteiger partial charge < -0.3 is 15.1 Å². The molecule has 0 aliphatic heterocycles. The molecule has 0 radical (unpaired) electrons. The zero-order valence-corrected chi connectivity index (χ0v) is 12.7. The predicted octanol–water partition coefficient (Wildman–Crippen LogP) is 3.66. The van der Waals surface area contributed by atoms with Crippen LogP contribution < -0.4 is 5.73 Å². The van der Waals surface area contributed by atoms with Crippen LogP contribution in [0, 0.1) is 6.92 Å². The van der Waals surface area contributed by atoms with Crippen molar-refractivity contribution in [2.45, 2.75) is 13.5 Å². The van der Waals surface area contributed by atoms with Crippen molar-refractivity contribution in [3.8, 4) is 0 Å². The molecule has 3 aromatic rings. The topological polar surface area (TPSA) is 59.5 Å². The number of aryl methyl sites for hydroxylation is 1. The van der Waals surface area contributed by atoms with E-state index in [1.54, 1.807) is 24.5 Å². The van der Waals surface area contributed by atoms with E-state index in [9.17, 15) is 4.79 Å². The van der Waals surface area contributed by atoms with Crippen LogP contribution in [-0.4, -0.2) is 17.9 Å². The summed E-state index contributed by atoms with van der Waals surface area (Å²) in [5.41, 5.74) is 8.83. The summed E-state index contributed by atoms with van der Waals surface area (Å²) in [6.45, 7) is 2.52. The third kappa shape index (κ3) is 2.52. The molecular formula is C16H16N2O2S. The zero-order valence-electron chi connectivity index (χ0n) is 11.9. The van der Waals surface area contributed by atoms with Crippen molar-refractivity contribution in [2.75, 3.05) is 12.8 Å². The Morgan fingerprint density at radius 3 is 2.90 bits per heavy atom. The monoisotopic (exact) mass is 300 g/mol. The molecule has 1 aromatic carbocycles. The summed E-state index contributed by atoms with van der Waals surface area (Å²) in [6.07, 6.45) is 3.24. The van der Waals surface area contributed by atoms with Crippen LogP contribution in [0.15, 0.2) is 41.2 Å². The number of hydrogen-bond acceptors (Lipinski definition) is 4. The fourth-order valence-corrected chi connectivity index (χ4v) is 3.39. The maximum atomic E-state index is 12.6. The number of rotatable bonds is 3. The lowest BCUT2D eigenvalue weighted by atomic mass is 10.1. The summed E-state index contributed by atoms with van der Waals surface area (Å²) in [5.74, 6) is -0.0625. The van der Waals surface area contributed by atoms with Gasteiger partial charge in [-0.25, -0.2) is 0 Å². The molecular weight excluding hydrogens is 284 g/mol. The minimum absolute atomic E-state index is 0.0625. The average Bonchev–Trinajstić information content (AvgIpc) is 3.07. The van der Waals surface area contributed by atoms with E-state index in [2.05, 4.69) is 0 Å². The predicted molar refractivity (Wildman–Crippen MR) is 85.5 cm³/mol. The van der Waals surface area contributed by atoms with Gasteiger partial charge in [-0.2, -0.15) is 0 Å². The first-order valence-electron chi connectivity index (χ1n) is 6.61. The molecule has 3 rings (SSSR count). The van der Waals surface area contributed by atoms with Crippen molar-refractivity contribution in [3.63, 3.8) is 0 Å². The van der Waals surface area contributed by atoms with E-state index in [0.717, 1.165) is 21.2 Å². The number of nitrogens with two attached hydrogens (primary N) is 1. The molecule has 5 heteroatoms. The summed E-state index contributed by atoms with van der Waals surface area (Å²) in [5, 5.41) is 0.958. The Labute approximate surface area is 126 Å². The second-order valence-electron chi connectivity index (χ2n) is 5.14. The first kappa shape index (κ1) is 13.7. The van der Waals surface area contributed by atoms with E-state index in [4.69, 9.17) is 10.2 Å². The van der Waals surface area contributed by atoms with Gasteiger partial charge in [-0.15, -0.1) is 11.3 Å². The van der Waals surface area contributed by atoms with Gasteiger partial charge in [0.05, 0.1) is 18.2 Å². The highest BCUT2D eigenvalue weighted by molar-refractivity contribution is 7.21. The first-order valence-corrected chi connectivity index (χ1v) is 7.43. The number of fused-ring (bicyclic) bond motifs is 1. The molecule has 0 saturated carbocycles. The molecule has 0 aliphatic rings. The maximum absolute atomic E-state index is 12.6. The molecule has 0 fully saturated rings. The lowest BCUT2D eigenvalue weighted by Gasteiger charge is -2.15. The van der Waals surface area contributed by atoms with Crippen LogP contribution in [0.3, 0.4) is 0 Å². The highest BCUT2D eigenvalue weighted by Crippen LogP contribution is 2.35. The Hall–Kier alpha value is -2.27. The second-order valence-corrected chi connectivity index (χ2v) is 6.19. The standard InChI is InChI=1S/C16H16N2O2S/c1-10-3-4-13-12(7-10)14(17)15(21-13)16(19)18(2)8-11-5-6-20-9-11/h3-7,9H,8,17H2,1-2H3. The normalized spacial score (nSPS) is 11.0. The molecule has 0 aliphatic carbocycles. The van der Waals surface area contributed by atoms with E-state index in [0.29, 0.717) is 17.1 Å². The lowest BCUT2D eigenvalue weighted by molar-refractivity contribution is 0.0790. The molecule has 1 amide bonds. The highest BCUT2D eigenvalue weighted by Gasteiger charge is 2.20. The number of hydrogen-bond donors (Lipinski definition) is 1. The van der Waals surface area contributed by atoms with Gasteiger partial charge in [-0.05, 0) is 25.1 Å². The van der Waals surface area contributed by atoms with Crippen molar-refractivity contribution < 1.29 is 9.21 Å². The molecule has 0 saturated heterocycles. The maximum Gasteiger partial charge on any atom is 0.266 e. The van der Waals surface area contributed by atoms with Crippen LogP contribution in [-0.2, 0) is 6.54 Å². The molecule has 21 heavy (non-hydrogen) atoms. The van der Waals surface area contributed by atoms with E-state index < -0.39 is 0 Å². The van der Waals surface area contributed by atoms with Crippen molar-refractivity contribution >= 4 is 33.0 Å². The van der Waals surface area contributed by atoms with Gasteiger partial charge in [-0.3, -0.25) is 4.79 Å². The van der Waals surface area contributed by atoms with Gasteiger partial charge in [0.1, 0.15) is 4.88 Å². The van der Waals surface area contributed by atoms with Gasteiger partial charge in [0.25, 0.3) is 5.91 Å². The fourth-order valence-electron chi connectivity index (χ4n) is 2.29. The molecule has 2 aromatic heterocycles. The van der Waals surface area contributed by atoms with Crippen molar-refractivity contribution in [1.82, 2.24) is 4.90 Å². The number of thiophene rings is 1. The van der Waals surface area contributed by atoms with Crippen LogP contribution in [0.1, 0.15) is 20.8 Å². The van der Waals surface area contributed by atoms with Gasteiger partial charge >= 0.3 is 0 Å². The third-order valence-corrected chi connectivity index (χ3v) is 4.60. The molecule has 0 spiro atoms. The van der Waals surface area contributed by atoms with Crippen LogP contribution in [0.2, 0.25) is 0 Å². The Morgan fingerprint density at radius 2 is 2.19 bits per heavy atom. The molecule has 2 heterocycles. The van der Waals surface area contributed by atoms with Gasteiger partial charge in [0, 0.05) is 29.2 Å². The van der Waals surface area contributed by atoms with Crippen LogP contribution in [0.4, 0.5) is 5.69 Å². The number of nitrogens with zero attached hydrogens (tertiary/aromatic N) is 1. The number of carbonyl (C=O) groups is 1. The molecule has 0 atom stereocenters. The highest BCUT2D eigenvalue weighted by atomic mass is 32.1. The number of benzene rings is 1.